The van der Waals surface area contributed by atoms with Gasteiger partial charge in [0, 0.05) is 18.8 Å². The number of carbonyl (C=O) groups excluding carboxylic acids is 1. The Kier molecular flexibility index (Phi) is 5.11. The average Bonchev–Trinajstić information content (AvgIpc) is 3.05. The fourth-order valence-electron chi connectivity index (χ4n) is 2.84. The van der Waals surface area contributed by atoms with Gasteiger partial charge >= 0.3 is 0 Å². The summed E-state index contributed by atoms with van der Waals surface area (Å²) in [5.41, 5.74) is 0.269. The molecule has 112 valence electrons. The van der Waals surface area contributed by atoms with Crippen LogP contribution in [0, 0.1) is 0 Å². The van der Waals surface area contributed by atoms with Gasteiger partial charge in [-0.3, -0.25) is 4.79 Å². The Balaban J connectivity index is 2.16. The van der Waals surface area contributed by atoms with Crippen LogP contribution < -0.4 is 0 Å². The Morgan fingerprint density at radius 2 is 2.15 bits per heavy atom. The van der Waals surface area contributed by atoms with E-state index in [0.29, 0.717) is 0 Å². The zero-order chi connectivity index (χ0) is 14.5. The molecule has 1 fully saturated rings. The van der Waals surface area contributed by atoms with Crippen LogP contribution in [0.2, 0.25) is 0 Å². The number of rotatable bonds is 6. The van der Waals surface area contributed by atoms with Crippen molar-refractivity contribution in [3.63, 3.8) is 0 Å². The zero-order valence-corrected chi connectivity index (χ0v) is 11.3. The minimum atomic E-state index is -2.49. The molecular weight excluding hydrogens is 266 g/mol. The predicted molar refractivity (Wildman–Crippen MR) is 70.8 cm³/mol. The lowest BCUT2D eigenvalue weighted by Crippen LogP contribution is -2.41. The number of nitrogens with zero attached hydrogens (tertiary/aromatic N) is 2. The molecule has 20 heavy (non-hydrogen) atoms. The van der Waals surface area contributed by atoms with Crippen LogP contribution in [0.25, 0.3) is 0 Å². The van der Waals surface area contributed by atoms with Crippen molar-refractivity contribution in [2.75, 3.05) is 13.2 Å². The molecule has 0 atom stereocenters. The quantitative estimate of drug-likeness (QED) is 0.870. The van der Waals surface area contributed by atoms with Crippen LogP contribution in [0.3, 0.4) is 0 Å². The summed E-state index contributed by atoms with van der Waals surface area (Å²) in [4.78, 5) is 14.2. The summed E-state index contributed by atoms with van der Waals surface area (Å²) in [7, 11) is 0. The van der Waals surface area contributed by atoms with E-state index in [-0.39, 0.29) is 30.8 Å². The van der Waals surface area contributed by atoms with Crippen molar-refractivity contribution in [3.05, 3.63) is 24.0 Å². The van der Waals surface area contributed by atoms with Gasteiger partial charge in [0.15, 0.2) is 0 Å². The van der Waals surface area contributed by atoms with E-state index in [4.69, 9.17) is 5.11 Å². The number of hydrogen-bond acceptors (Lipinski definition) is 2. The van der Waals surface area contributed by atoms with Gasteiger partial charge < -0.3 is 14.6 Å². The molecule has 0 spiro atoms. The zero-order valence-electron chi connectivity index (χ0n) is 11.3. The first kappa shape index (κ1) is 15.0. The molecule has 2 rings (SSSR count). The normalized spacial score (nSPS) is 16.0. The van der Waals surface area contributed by atoms with Gasteiger partial charge in [0.2, 0.25) is 0 Å². The van der Waals surface area contributed by atoms with Crippen LogP contribution in [0.5, 0.6) is 0 Å². The van der Waals surface area contributed by atoms with Gasteiger partial charge in [-0.15, -0.1) is 0 Å². The Bertz CT molecular complexity index is 442. The Labute approximate surface area is 117 Å². The van der Waals surface area contributed by atoms with Crippen LogP contribution in [-0.4, -0.2) is 46.1 Å². The van der Waals surface area contributed by atoms with Crippen LogP contribution in [0.15, 0.2) is 18.3 Å². The second kappa shape index (κ2) is 6.83. The smallest absolute Gasteiger partial charge is 0.270 e. The van der Waals surface area contributed by atoms with E-state index in [2.05, 4.69) is 0 Å². The number of aromatic nitrogens is 1. The van der Waals surface area contributed by atoms with Crippen molar-refractivity contribution < 1.29 is 18.7 Å². The maximum Gasteiger partial charge on any atom is 0.270 e. The molecule has 1 aromatic heterocycles. The van der Waals surface area contributed by atoms with Gasteiger partial charge in [0.05, 0.1) is 13.2 Å². The Morgan fingerprint density at radius 1 is 1.45 bits per heavy atom. The van der Waals surface area contributed by atoms with E-state index in [9.17, 15) is 13.6 Å². The molecule has 1 amide bonds. The Morgan fingerprint density at radius 3 is 2.75 bits per heavy atom. The van der Waals surface area contributed by atoms with Crippen molar-refractivity contribution in [3.8, 4) is 0 Å². The van der Waals surface area contributed by atoms with Crippen LogP contribution in [0.1, 0.15) is 36.2 Å². The number of aliphatic hydroxyl groups excluding tert-OH is 1. The van der Waals surface area contributed by atoms with Crippen LogP contribution in [-0.2, 0) is 6.54 Å². The van der Waals surface area contributed by atoms with E-state index in [0.717, 1.165) is 25.7 Å². The summed E-state index contributed by atoms with van der Waals surface area (Å²) in [6.07, 6.45) is 2.97. The maximum absolute atomic E-state index is 12.5. The lowest BCUT2D eigenvalue weighted by molar-refractivity contribution is 0.0619. The molecule has 0 unspecified atom stereocenters. The molecule has 1 saturated carbocycles. The van der Waals surface area contributed by atoms with Crippen molar-refractivity contribution in [1.82, 2.24) is 9.47 Å². The highest BCUT2D eigenvalue weighted by Gasteiger charge is 2.28. The monoisotopic (exact) mass is 286 g/mol. The fraction of sp³-hybridized carbons (Fsp3) is 0.643. The summed E-state index contributed by atoms with van der Waals surface area (Å²) in [5, 5.41) is 9.14. The highest BCUT2D eigenvalue weighted by Crippen LogP contribution is 2.25. The molecule has 0 bridgehead atoms. The van der Waals surface area contributed by atoms with Gasteiger partial charge in [0.1, 0.15) is 5.69 Å². The molecule has 1 heterocycles. The lowest BCUT2D eigenvalue weighted by Gasteiger charge is -2.28. The van der Waals surface area contributed by atoms with E-state index in [1.165, 1.54) is 10.8 Å². The number of amides is 1. The first-order valence-corrected chi connectivity index (χ1v) is 6.98. The summed E-state index contributed by atoms with van der Waals surface area (Å²) in [6, 6.07) is 3.27. The molecule has 0 radical (unpaired) electrons. The molecule has 1 aliphatic rings. The van der Waals surface area contributed by atoms with Crippen molar-refractivity contribution in [2.24, 2.45) is 0 Å². The van der Waals surface area contributed by atoms with Crippen LogP contribution >= 0.6 is 0 Å². The van der Waals surface area contributed by atoms with Crippen molar-refractivity contribution in [1.29, 1.82) is 0 Å². The molecule has 1 N–H and O–H groups in total. The van der Waals surface area contributed by atoms with Gasteiger partial charge in [-0.05, 0) is 25.0 Å². The predicted octanol–water partition coefficient (Wildman–Crippen LogP) is 2.13. The van der Waals surface area contributed by atoms with E-state index in [1.54, 1.807) is 17.0 Å². The van der Waals surface area contributed by atoms with Gasteiger partial charge in [-0.1, -0.05) is 12.8 Å². The number of carbonyl (C=O) groups is 1. The second-order valence-corrected chi connectivity index (χ2v) is 5.10. The largest absolute Gasteiger partial charge is 0.395 e. The van der Waals surface area contributed by atoms with Crippen molar-refractivity contribution in [2.45, 2.75) is 44.7 Å². The number of hydrogen-bond donors (Lipinski definition) is 1. The molecule has 0 saturated heterocycles. The molecular formula is C14H20F2N2O2. The minimum Gasteiger partial charge on any atom is -0.395 e. The molecule has 1 aromatic rings. The molecule has 1 aliphatic carbocycles. The summed E-state index contributed by atoms with van der Waals surface area (Å²) in [6.45, 7) is -0.340. The van der Waals surface area contributed by atoms with Gasteiger partial charge in [-0.2, -0.15) is 0 Å². The number of aliphatic hydroxyl groups is 1. The summed E-state index contributed by atoms with van der Waals surface area (Å²) < 4.78 is 26.3. The molecule has 0 aromatic carbocycles. The maximum atomic E-state index is 12.5. The summed E-state index contributed by atoms with van der Waals surface area (Å²) in [5.74, 6) is -0.267. The standard InChI is InChI=1S/C14H20F2N2O2/c15-13(16)10-17-7-3-6-12(17)14(20)18(8-9-19)11-4-1-2-5-11/h3,6-7,11,13,19H,1-2,4-5,8-10H2. The third kappa shape index (κ3) is 3.36. The minimum absolute atomic E-state index is 0.113. The van der Waals surface area contributed by atoms with Gasteiger partial charge in [-0.25, -0.2) is 8.78 Å². The highest BCUT2D eigenvalue weighted by atomic mass is 19.3. The molecule has 4 nitrogen and oxygen atoms in total. The SMILES string of the molecule is O=C(c1cccn1CC(F)F)N(CCO)C1CCCC1. The molecule has 0 aliphatic heterocycles. The Hall–Kier alpha value is -1.43. The third-order valence-corrected chi connectivity index (χ3v) is 3.75. The second-order valence-electron chi connectivity index (χ2n) is 5.10. The summed E-state index contributed by atoms with van der Waals surface area (Å²) >= 11 is 0. The average molecular weight is 286 g/mol. The molecule has 6 heteroatoms. The van der Waals surface area contributed by atoms with Gasteiger partial charge in [0.25, 0.3) is 12.3 Å². The number of alkyl halides is 2. The first-order chi connectivity index (χ1) is 9.63. The fourth-order valence-corrected chi connectivity index (χ4v) is 2.84. The van der Waals surface area contributed by atoms with Crippen LogP contribution in [0.4, 0.5) is 8.78 Å². The topological polar surface area (TPSA) is 45.5 Å². The number of halogens is 2. The highest BCUT2D eigenvalue weighted by molar-refractivity contribution is 5.93. The van der Waals surface area contributed by atoms with E-state index >= 15 is 0 Å². The lowest BCUT2D eigenvalue weighted by atomic mass is 10.2. The third-order valence-electron chi connectivity index (χ3n) is 3.75. The van der Waals surface area contributed by atoms with E-state index in [1.807, 2.05) is 0 Å². The first-order valence-electron chi connectivity index (χ1n) is 6.98. The van der Waals surface area contributed by atoms with E-state index < -0.39 is 13.0 Å². The van der Waals surface area contributed by atoms with Crippen molar-refractivity contribution >= 4 is 5.91 Å².